The van der Waals surface area contributed by atoms with E-state index in [1.807, 2.05) is 0 Å². The summed E-state index contributed by atoms with van der Waals surface area (Å²) in [4.78, 5) is 38.2. The minimum Gasteiger partial charge on any atom is -0.427 e. The van der Waals surface area contributed by atoms with Crippen LogP contribution in [0.25, 0.3) is 0 Å². The molecule has 1 unspecified atom stereocenters. The molecule has 0 radical (unpaired) electrons. The van der Waals surface area contributed by atoms with Gasteiger partial charge in [-0.2, -0.15) is 0 Å². The van der Waals surface area contributed by atoms with E-state index in [0.717, 1.165) is 0 Å². The van der Waals surface area contributed by atoms with Crippen LogP contribution in [0.15, 0.2) is 16.4 Å². The van der Waals surface area contributed by atoms with Gasteiger partial charge in [0.2, 0.25) is 17.9 Å². The summed E-state index contributed by atoms with van der Waals surface area (Å²) in [7, 11) is 1.71. The molecule has 0 aromatic carbocycles. The monoisotopic (exact) mass is 442 g/mol. The van der Waals surface area contributed by atoms with Crippen LogP contribution in [0.1, 0.15) is 20.8 Å². The van der Waals surface area contributed by atoms with E-state index in [9.17, 15) is 14.4 Å². The van der Waals surface area contributed by atoms with E-state index in [2.05, 4.69) is 15.5 Å². The summed E-state index contributed by atoms with van der Waals surface area (Å²) in [5, 5.41) is 11.5. The second-order valence-electron chi connectivity index (χ2n) is 7.49. The van der Waals surface area contributed by atoms with Crippen molar-refractivity contribution < 1.29 is 23.9 Å². The van der Waals surface area contributed by atoms with Gasteiger partial charge >= 0.3 is 11.9 Å². The van der Waals surface area contributed by atoms with Crippen molar-refractivity contribution >= 4 is 41.4 Å². The molecule has 11 nitrogen and oxygen atoms in total. The lowest BCUT2D eigenvalue weighted by Gasteiger charge is -2.48. The van der Waals surface area contributed by atoms with Gasteiger partial charge in [-0.05, 0) is 36.8 Å². The van der Waals surface area contributed by atoms with Gasteiger partial charge in [0.05, 0.1) is 5.41 Å². The lowest BCUT2D eigenvalue weighted by atomic mass is 9.98. The van der Waals surface area contributed by atoms with Gasteiger partial charge in [0.25, 0.3) is 0 Å². The summed E-state index contributed by atoms with van der Waals surface area (Å²) < 4.78 is 11.6. The molecule has 0 bridgehead atoms. The number of nitrogens with two attached hydrogens (primary N) is 1. The molecule has 3 heterocycles. The minimum atomic E-state index is -0.732. The molecular formula is C16H22N6O5S2. The number of thioether (sulfide) groups is 2. The molecule has 0 saturated carbocycles. The van der Waals surface area contributed by atoms with Crippen molar-refractivity contribution in [1.29, 1.82) is 0 Å². The number of rotatable bonds is 6. The average molecular weight is 443 g/mol. The molecule has 1 amide bonds. The molecule has 2 N–H and O–H groups in total. The summed E-state index contributed by atoms with van der Waals surface area (Å²) in [6.07, 6.45) is 0. The molecule has 2 aliphatic heterocycles. The Bertz CT molecular complexity index is 864. The number of esters is 2. The highest BCUT2D eigenvalue weighted by Gasteiger charge is 2.52. The number of amides is 1. The first-order chi connectivity index (χ1) is 13.6. The Morgan fingerprint density at radius 2 is 2.07 bits per heavy atom. The van der Waals surface area contributed by atoms with Crippen molar-refractivity contribution in [3.8, 4) is 0 Å². The Balaban J connectivity index is 1.73. The van der Waals surface area contributed by atoms with Gasteiger partial charge in [-0.25, -0.2) is 9.48 Å². The summed E-state index contributed by atoms with van der Waals surface area (Å²) in [6.45, 7) is 4.55. The van der Waals surface area contributed by atoms with E-state index in [1.165, 1.54) is 33.1 Å². The van der Waals surface area contributed by atoms with E-state index in [-0.39, 0.29) is 17.0 Å². The molecule has 158 valence electrons. The number of carbonyl (C=O) groups excluding carboxylic acids is 3. The summed E-state index contributed by atoms with van der Waals surface area (Å²) >= 11 is 2.82. The molecule has 1 fully saturated rings. The minimum absolute atomic E-state index is 0.148. The largest absolute Gasteiger partial charge is 0.427 e. The van der Waals surface area contributed by atoms with Crippen molar-refractivity contribution in [2.45, 2.75) is 37.3 Å². The topological polar surface area (TPSA) is 143 Å². The van der Waals surface area contributed by atoms with Crippen LogP contribution in [0.4, 0.5) is 0 Å². The zero-order valence-electron chi connectivity index (χ0n) is 16.4. The number of fused-ring (bicyclic) bond motifs is 1. The highest BCUT2D eigenvalue weighted by molar-refractivity contribution is 8.01. The third-order valence-electron chi connectivity index (χ3n) is 4.23. The standard InChI is InChI=1S/C16H22N6O5S2/c1-16(2,3)14(25)27-7-26-13(24)10-8(6-29-15-18-19-20-21(15)4)5-28-12-9(17)11(23)22(10)12/h9,12H,5-7,17H2,1-4H3/t9?,12-/m1/s1. The third kappa shape index (κ3) is 4.41. The fourth-order valence-corrected chi connectivity index (χ4v) is 4.88. The SMILES string of the molecule is Cn1nnnc1SCC1=C(C(=O)OCOC(=O)C(C)(C)C)N2C(=O)C(N)[C@H]2SC1. The first kappa shape index (κ1) is 21.6. The lowest BCUT2D eigenvalue weighted by Crippen LogP contribution is -2.68. The molecule has 1 aromatic rings. The van der Waals surface area contributed by atoms with E-state index in [0.29, 0.717) is 22.2 Å². The first-order valence-electron chi connectivity index (χ1n) is 8.73. The predicted molar refractivity (Wildman–Crippen MR) is 104 cm³/mol. The number of hydrogen-bond acceptors (Lipinski definition) is 11. The number of β-lactam (4-membered cyclic amide) rings is 1. The Hall–Kier alpha value is -2.12. The van der Waals surface area contributed by atoms with Crippen LogP contribution < -0.4 is 5.73 Å². The van der Waals surface area contributed by atoms with Crippen LogP contribution in [0.2, 0.25) is 0 Å². The molecule has 29 heavy (non-hydrogen) atoms. The summed E-state index contributed by atoms with van der Waals surface area (Å²) in [5.74, 6) is -0.678. The number of tetrazole rings is 1. The van der Waals surface area contributed by atoms with Crippen molar-refractivity contribution in [3.63, 3.8) is 0 Å². The van der Waals surface area contributed by atoms with Gasteiger partial charge in [-0.3, -0.25) is 14.5 Å². The number of ether oxygens (including phenoxy) is 2. The summed E-state index contributed by atoms with van der Waals surface area (Å²) in [6, 6.07) is -0.654. The van der Waals surface area contributed by atoms with Gasteiger partial charge in [0.15, 0.2) is 0 Å². The molecule has 0 spiro atoms. The molecule has 1 aromatic heterocycles. The van der Waals surface area contributed by atoms with Crippen LogP contribution in [0.5, 0.6) is 0 Å². The van der Waals surface area contributed by atoms with Crippen LogP contribution in [-0.2, 0) is 30.9 Å². The maximum absolute atomic E-state index is 12.7. The van der Waals surface area contributed by atoms with Crippen LogP contribution in [0, 0.1) is 5.41 Å². The maximum Gasteiger partial charge on any atom is 0.357 e. The first-order valence-corrected chi connectivity index (χ1v) is 10.8. The molecule has 3 rings (SSSR count). The Labute approximate surface area is 175 Å². The zero-order valence-corrected chi connectivity index (χ0v) is 18.1. The van der Waals surface area contributed by atoms with Gasteiger partial charge in [0, 0.05) is 18.6 Å². The van der Waals surface area contributed by atoms with Crippen molar-refractivity contribution in [1.82, 2.24) is 25.1 Å². The molecule has 1 saturated heterocycles. The van der Waals surface area contributed by atoms with Crippen molar-refractivity contribution in [2.75, 3.05) is 18.3 Å². The maximum atomic E-state index is 12.7. The normalized spacial score (nSPS) is 21.6. The molecular weight excluding hydrogens is 420 g/mol. The van der Waals surface area contributed by atoms with E-state index >= 15 is 0 Å². The molecule has 0 aliphatic carbocycles. The van der Waals surface area contributed by atoms with Crippen LogP contribution in [-0.4, -0.2) is 72.7 Å². The van der Waals surface area contributed by atoms with Gasteiger partial charge < -0.3 is 15.2 Å². The van der Waals surface area contributed by atoms with Crippen LogP contribution in [0.3, 0.4) is 0 Å². The second kappa shape index (κ2) is 8.32. The number of hydrogen-bond donors (Lipinski definition) is 1. The molecule has 13 heteroatoms. The highest BCUT2D eigenvalue weighted by Crippen LogP contribution is 2.41. The second-order valence-corrected chi connectivity index (χ2v) is 9.54. The number of aryl methyl sites for hydroxylation is 1. The average Bonchev–Trinajstić information content (AvgIpc) is 3.08. The van der Waals surface area contributed by atoms with E-state index < -0.39 is 30.2 Å². The van der Waals surface area contributed by atoms with E-state index in [4.69, 9.17) is 15.2 Å². The third-order valence-corrected chi connectivity index (χ3v) is 6.69. The van der Waals surface area contributed by atoms with Crippen molar-refractivity contribution in [2.24, 2.45) is 18.2 Å². The quantitative estimate of drug-likeness (QED) is 0.273. The fourth-order valence-electron chi connectivity index (χ4n) is 2.60. The van der Waals surface area contributed by atoms with Gasteiger partial charge in [-0.1, -0.05) is 11.8 Å². The van der Waals surface area contributed by atoms with Gasteiger partial charge in [0.1, 0.15) is 17.1 Å². The molecule has 2 aliphatic rings. The highest BCUT2D eigenvalue weighted by atomic mass is 32.2. The number of carbonyl (C=O) groups is 3. The smallest absolute Gasteiger partial charge is 0.357 e. The Kier molecular flexibility index (Phi) is 6.19. The fraction of sp³-hybridized carbons (Fsp3) is 0.625. The Morgan fingerprint density at radius 1 is 1.34 bits per heavy atom. The number of aromatic nitrogens is 4. The zero-order chi connectivity index (χ0) is 21.3. The van der Waals surface area contributed by atoms with Crippen LogP contribution >= 0.6 is 23.5 Å². The Morgan fingerprint density at radius 3 is 2.69 bits per heavy atom. The van der Waals surface area contributed by atoms with Gasteiger partial charge in [-0.15, -0.1) is 16.9 Å². The summed E-state index contributed by atoms with van der Waals surface area (Å²) in [5.41, 5.74) is 5.98. The lowest BCUT2D eigenvalue weighted by molar-refractivity contribution is -0.173. The number of nitrogens with zero attached hydrogens (tertiary/aromatic N) is 5. The van der Waals surface area contributed by atoms with E-state index in [1.54, 1.807) is 27.8 Å². The predicted octanol–water partition coefficient (Wildman–Crippen LogP) is -0.111. The molecule has 2 atom stereocenters. The van der Waals surface area contributed by atoms with Crippen molar-refractivity contribution in [3.05, 3.63) is 11.3 Å².